The highest BCUT2D eigenvalue weighted by molar-refractivity contribution is 5.78. The number of fused-ring (bicyclic) bond motifs is 1. The van der Waals surface area contributed by atoms with Crippen molar-refractivity contribution in [3.05, 3.63) is 66.1 Å². The normalized spacial score (nSPS) is 11.0. The first-order chi connectivity index (χ1) is 13.2. The van der Waals surface area contributed by atoms with E-state index in [-0.39, 0.29) is 12.3 Å². The van der Waals surface area contributed by atoms with Gasteiger partial charge in [-0.1, -0.05) is 17.3 Å². The van der Waals surface area contributed by atoms with E-state index < -0.39 is 0 Å². The zero-order chi connectivity index (χ0) is 18.6. The molecule has 27 heavy (non-hydrogen) atoms. The number of amides is 1. The lowest BCUT2D eigenvalue weighted by molar-refractivity contribution is -0.120. The Morgan fingerprint density at radius 2 is 2.15 bits per heavy atom. The van der Waals surface area contributed by atoms with Gasteiger partial charge in [-0.15, -0.1) is 0 Å². The molecule has 4 aromatic heterocycles. The Morgan fingerprint density at radius 3 is 3.00 bits per heavy atom. The molecule has 1 amide bonds. The average Bonchev–Trinajstić information content (AvgIpc) is 3.31. The molecule has 0 aliphatic heterocycles. The van der Waals surface area contributed by atoms with Gasteiger partial charge in [-0.05, 0) is 30.7 Å². The standard InChI is InChI=1S/C19H18N6O2/c1-13-5-4-10-25-14(12-22-19(13)25)11-16(26)21-9-7-17-23-18(24-27-17)15-6-2-3-8-20-15/h2-6,8,10,12H,7,9,11H2,1H3,(H,21,26). The van der Waals surface area contributed by atoms with Gasteiger partial charge < -0.3 is 14.2 Å². The van der Waals surface area contributed by atoms with E-state index in [4.69, 9.17) is 4.52 Å². The fourth-order valence-corrected chi connectivity index (χ4v) is 2.82. The van der Waals surface area contributed by atoms with E-state index in [1.54, 1.807) is 12.4 Å². The van der Waals surface area contributed by atoms with E-state index in [1.165, 1.54) is 0 Å². The molecule has 4 heterocycles. The van der Waals surface area contributed by atoms with Crippen molar-refractivity contribution in [2.75, 3.05) is 6.54 Å². The molecule has 0 unspecified atom stereocenters. The van der Waals surface area contributed by atoms with E-state index in [9.17, 15) is 4.79 Å². The number of hydrogen-bond donors (Lipinski definition) is 1. The van der Waals surface area contributed by atoms with Crippen molar-refractivity contribution in [1.29, 1.82) is 0 Å². The molecule has 0 saturated carbocycles. The first-order valence-corrected chi connectivity index (χ1v) is 8.63. The molecule has 1 N–H and O–H groups in total. The second-order valence-corrected chi connectivity index (χ2v) is 6.14. The van der Waals surface area contributed by atoms with Gasteiger partial charge in [-0.2, -0.15) is 4.98 Å². The number of pyridine rings is 2. The van der Waals surface area contributed by atoms with Gasteiger partial charge in [0.05, 0.1) is 12.1 Å². The minimum absolute atomic E-state index is 0.0808. The van der Waals surface area contributed by atoms with Gasteiger partial charge in [0, 0.05) is 31.6 Å². The summed E-state index contributed by atoms with van der Waals surface area (Å²) in [6.07, 6.45) is 6.04. The quantitative estimate of drug-likeness (QED) is 0.563. The van der Waals surface area contributed by atoms with Crippen molar-refractivity contribution in [3.8, 4) is 11.5 Å². The van der Waals surface area contributed by atoms with E-state index in [1.807, 2.05) is 47.9 Å². The van der Waals surface area contributed by atoms with Crippen LogP contribution in [0.1, 0.15) is 17.1 Å². The van der Waals surface area contributed by atoms with Crippen molar-refractivity contribution in [3.63, 3.8) is 0 Å². The molecule has 0 aliphatic carbocycles. The van der Waals surface area contributed by atoms with Gasteiger partial charge >= 0.3 is 0 Å². The van der Waals surface area contributed by atoms with Gasteiger partial charge in [-0.3, -0.25) is 9.78 Å². The van der Waals surface area contributed by atoms with E-state index in [2.05, 4.69) is 25.4 Å². The van der Waals surface area contributed by atoms with Crippen molar-refractivity contribution in [2.45, 2.75) is 19.8 Å². The van der Waals surface area contributed by atoms with E-state index in [0.717, 1.165) is 16.9 Å². The maximum atomic E-state index is 12.2. The first kappa shape index (κ1) is 16.9. The summed E-state index contributed by atoms with van der Waals surface area (Å²) in [4.78, 5) is 25.1. The molecule has 0 atom stereocenters. The van der Waals surface area contributed by atoms with E-state index >= 15 is 0 Å². The number of nitrogens with one attached hydrogen (secondary N) is 1. The van der Waals surface area contributed by atoms with Crippen LogP contribution in [-0.2, 0) is 17.6 Å². The van der Waals surface area contributed by atoms with Gasteiger partial charge in [-0.25, -0.2) is 4.98 Å². The zero-order valence-corrected chi connectivity index (χ0v) is 14.8. The van der Waals surface area contributed by atoms with Crippen molar-refractivity contribution >= 4 is 11.6 Å². The number of nitrogens with zero attached hydrogens (tertiary/aromatic N) is 5. The Bertz CT molecular complexity index is 1070. The summed E-state index contributed by atoms with van der Waals surface area (Å²) in [7, 11) is 0. The van der Waals surface area contributed by atoms with Crippen LogP contribution in [-0.4, -0.2) is 37.0 Å². The third-order valence-electron chi connectivity index (χ3n) is 4.17. The lowest BCUT2D eigenvalue weighted by atomic mass is 10.3. The van der Waals surface area contributed by atoms with Crippen LogP contribution in [0.15, 0.2) is 53.4 Å². The number of rotatable bonds is 6. The molecular formula is C19H18N6O2. The Hall–Kier alpha value is -3.55. The highest BCUT2D eigenvalue weighted by Gasteiger charge is 2.12. The lowest BCUT2D eigenvalue weighted by Gasteiger charge is -2.04. The van der Waals surface area contributed by atoms with Crippen molar-refractivity contribution in [1.82, 2.24) is 29.8 Å². The topological polar surface area (TPSA) is 98.2 Å². The number of aromatic nitrogens is 5. The smallest absolute Gasteiger partial charge is 0.228 e. The van der Waals surface area contributed by atoms with Gasteiger partial charge in [0.2, 0.25) is 17.6 Å². The molecule has 0 spiro atoms. The molecule has 8 heteroatoms. The Kier molecular flexibility index (Phi) is 4.61. The number of carbonyl (C=O) groups is 1. The van der Waals surface area contributed by atoms with Crippen LogP contribution in [0.2, 0.25) is 0 Å². The van der Waals surface area contributed by atoms with Gasteiger partial charge in [0.15, 0.2) is 0 Å². The minimum atomic E-state index is -0.0808. The molecule has 4 rings (SSSR count). The predicted octanol–water partition coefficient (Wildman–Crippen LogP) is 1.99. The van der Waals surface area contributed by atoms with Crippen molar-refractivity contribution < 1.29 is 9.32 Å². The van der Waals surface area contributed by atoms with Crippen LogP contribution in [0, 0.1) is 6.92 Å². The van der Waals surface area contributed by atoms with Crippen molar-refractivity contribution in [2.24, 2.45) is 0 Å². The van der Waals surface area contributed by atoms with Gasteiger partial charge in [0.1, 0.15) is 11.3 Å². The van der Waals surface area contributed by atoms with E-state index in [0.29, 0.717) is 30.4 Å². The molecule has 0 fully saturated rings. The van der Waals surface area contributed by atoms with Gasteiger partial charge in [0.25, 0.3) is 0 Å². The maximum Gasteiger partial charge on any atom is 0.228 e. The number of hydrogen-bond acceptors (Lipinski definition) is 6. The molecule has 136 valence electrons. The molecule has 4 aromatic rings. The Labute approximate surface area is 155 Å². The Morgan fingerprint density at radius 1 is 1.22 bits per heavy atom. The SMILES string of the molecule is Cc1cccn2c(CC(=O)NCCc3nc(-c4ccccn4)no3)cnc12. The largest absolute Gasteiger partial charge is 0.355 e. The summed E-state index contributed by atoms with van der Waals surface area (Å²) < 4.78 is 7.15. The average molecular weight is 362 g/mol. The number of carbonyl (C=O) groups excluding carboxylic acids is 1. The summed E-state index contributed by atoms with van der Waals surface area (Å²) in [5.74, 6) is 0.821. The fourth-order valence-electron chi connectivity index (χ4n) is 2.82. The second kappa shape index (κ2) is 7.36. The second-order valence-electron chi connectivity index (χ2n) is 6.14. The summed E-state index contributed by atoms with van der Waals surface area (Å²) in [5.41, 5.74) is 3.44. The molecule has 0 radical (unpaired) electrons. The van der Waals surface area contributed by atoms with Crippen LogP contribution in [0.3, 0.4) is 0 Å². The maximum absolute atomic E-state index is 12.2. The molecule has 0 bridgehead atoms. The lowest BCUT2D eigenvalue weighted by Crippen LogP contribution is -2.27. The third kappa shape index (κ3) is 3.69. The zero-order valence-electron chi connectivity index (χ0n) is 14.8. The molecule has 0 saturated heterocycles. The molecule has 0 aliphatic rings. The van der Waals surface area contributed by atoms with Crippen LogP contribution < -0.4 is 5.32 Å². The Balaban J connectivity index is 1.32. The summed E-state index contributed by atoms with van der Waals surface area (Å²) >= 11 is 0. The highest BCUT2D eigenvalue weighted by atomic mass is 16.5. The number of imidazole rings is 1. The summed E-state index contributed by atoms with van der Waals surface area (Å²) in [6.45, 7) is 2.41. The minimum Gasteiger partial charge on any atom is -0.355 e. The predicted molar refractivity (Wildman–Crippen MR) is 97.9 cm³/mol. The molecule has 8 nitrogen and oxygen atoms in total. The summed E-state index contributed by atoms with van der Waals surface area (Å²) in [6, 6.07) is 9.44. The van der Waals surface area contributed by atoms with Crippen LogP contribution in [0.25, 0.3) is 17.2 Å². The number of aryl methyl sites for hydroxylation is 1. The van der Waals surface area contributed by atoms with Crippen LogP contribution in [0.5, 0.6) is 0 Å². The monoisotopic (exact) mass is 362 g/mol. The summed E-state index contributed by atoms with van der Waals surface area (Å²) in [5, 5.41) is 6.79. The van der Waals surface area contributed by atoms with Crippen LogP contribution >= 0.6 is 0 Å². The molecular weight excluding hydrogens is 344 g/mol. The molecule has 0 aromatic carbocycles. The third-order valence-corrected chi connectivity index (χ3v) is 4.17. The fraction of sp³-hybridized carbons (Fsp3) is 0.211. The van der Waals surface area contributed by atoms with Crippen LogP contribution in [0.4, 0.5) is 0 Å². The highest BCUT2D eigenvalue weighted by Crippen LogP contribution is 2.13. The first-order valence-electron chi connectivity index (χ1n) is 8.63.